The van der Waals surface area contributed by atoms with Crippen LogP contribution in [0.5, 0.6) is 5.75 Å². The van der Waals surface area contributed by atoms with E-state index < -0.39 is 12.1 Å². The number of aryl methyl sites for hydroxylation is 1. The summed E-state index contributed by atoms with van der Waals surface area (Å²) in [6.07, 6.45) is -0.0279. The smallest absolute Gasteiger partial charge is 0.346 e. The molecule has 0 aliphatic rings. The van der Waals surface area contributed by atoms with Crippen LogP contribution in [0, 0.1) is 0 Å². The monoisotopic (exact) mass is 223 g/mol. The van der Waals surface area contributed by atoms with Gasteiger partial charge in [0.1, 0.15) is 5.75 Å². The largest absolute Gasteiger partial charge is 0.478 e. The molecule has 0 spiro atoms. The van der Waals surface area contributed by atoms with Gasteiger partial charge in [-0.05, 0) is 25.1 Å². The number of carbonyl (C=O) groups is 1. The summed E-state index contributed by atoms with van der Waals surface area (Å²) < 4.78 is 5.48. The van der Waals surface area contributed by atoms with Gasteiger partial charge in [-0.3, -0.25) is 0 Å². The van der Waals surface area contributed by atoms with Gasteiger partial charge in [0.2, 0.25) is 6.10 Å². The number of hydrogen-bond donors (Lipinski definition) is 2. The van der Waals surface area contributed by atoms with Crippen LogP contribution in [0.4, 0.5) is 0 Å². The summed E-state index contributed by atoms with van der Waals surface area (Å²) in [6.45, 7) is 2.30. The zero-order valence-corrected chi connectivity index (χ0v) is 9.56. The van der Waals surface area contributed by atoms with Crippen LogP contribution in [0.2, 0.25) is 0 Å². The normalized spacial score (nSPS) is 12.1. The second-order valence-electron chi connectivity index (χ2n) is 3.46. The van der Waals surface area contributed by atoms with Gasteiger partial charge in [-0.1, -0.05) is 25.1 Å². The number of hydrogen-bond acceptors (Lipinski definition) is 3. The van der Waals surface area contributed by atoms with Crippen LogP contribution in [-0.2, 0) is 11.2 Å². The van der Waals surface area contributed by atoms with E-state index in [1.807, 2.05) is 25.1 Å². The van der Waals surface area contributed by atoms with Gasteiger partial charge in [0.05, 0.1) is 0 Å². The number of benzene rings is 1. The summed E-state index contributed by atoms with van der Waals surface area (Å²) in [5.74, 6) is -0.312. The Morgan fingerprint density at radius 2 is 2.19 bits per heavy atom. The molecule has 4 heteroatoms. The van der Waals surface area contributed by atoms with Crippen LogP contribution in [0.1, 0.15) is 12.5 Å². The van der Waals surface area contributed by atoms with Crippen molar-refractivity contribution in [3.63, 3.8) is 0 Å². The highest BCUT2D eigenvalue weighted by Gasteiger charge is 2.19. The molecule has 0 amide bonds. The Balaban J connectivity index is 2.80. The molecule has 16 heavy (non-hydrogen) atoms. The molecule has 0 aliphatic carbocycles. The van der Waals surface area contributed by atoms with E-state index >= 15 is 0 Å². The zero-order chi connectivity index (χ0) is 12.0. The topological polar surface area (TPSA) is 58.6 Å². The SMILES string of the molecule is CCc1ccccc1OC(CNC)C(=O)O. The number of carboxylic acids is 1. The predicted molar refractivity (Wildman–Crippen MR) is 61.8 cm³/mol. The van der Waals surface area contributed by atoms with E-state index in [0.717, 1.165) is 12.0 Å². The molecule has 0 bridgehead atoms. The van der Waals surface area contributed by atoms with Crippen LogP contribution in [0.25, 0.3) is 0 Å². The molecular formula is C12H17NO3. The lowest BCUT2D eigenvalue weighted by Gasteiger charge is -2.16. The molecule has 1 unspecified atom stereocenters. The minimum atomic E-state index is -0.958. The average molecular weight is 223 g/mol. The first-order chi connectivity index (χ1) is 7.69. The first kappa shape index (κ1) is 12.5. The number of carboxylic acid groups (broad SMARTS) is 1. The Kier molecular flexibility index (Phi) is 4.79. The molecule has 0 saturated carbocycles. The minimum absolute atomic E-state index is 0.285. The van der Waals surface area contributed by atoms with Gasteiger partial charge in [0, 0.05) is 6.54 Å². The Bertz CT molecular complexity index is 352. The second kappa shape index (κ2) is 6.12. The number of rotatable bonds is 6. The van der Waals surface area contributed by atoms with Crippen LogP contribution in [0.15, 0.2) is 24.3 Å². The summed E-state index contributed by atoms with van der Waals surface area (Å²) in [6, 6.07) is 7.49. The highest BCUT2D eigenvalue weighted by atomic mass is 16.5. The molecule has 88 valence electrons. The molecular weight excluding hydrogens is 206 g/mol. The van der Waals surface area contributed by atoms with Crippen LogP contribution in [-0.4, -0.2) is 30.8 Å². The molecule has 0 radical (unpaired) electrons. The predicted octanol–water partition coefficient (Wildman–Crippen LogP) is 1.30. The van der Waals surface area contributed by atoms with E-state index in [0.29, 0.717) is 5.75 Å². The van der Waals surface area contributed by atoms with Crippen LogP contribution < -0.4 is 10.1 Å². The Morgan fingerprint density at radius 3 is 2.75 bits per heavy atom. The lowest BCUT2D eigenvalue weighted by atomic mass is 10.1. The molecule has 0 heterocycles. The molecule has 1 aromatic rings. The molecule has 1 atom stereocenters. The molecule has 0 aliphatic heterocycles. The zero-order valence-electron chi connectivity index (χ0n) is 9.56. The van der Waals surface area contributed by atoms with Crippen molar-refractivity contribution in [1.82, 2.24) is 5.32 Å². The van der Waals surface area contributed by atoms with Gasteiger partial charge in [0.15, 0.2) is 0 Å². The first-order valence-corrected chi connectivity index (χ1v) is 5.31. The summed E-state index contributed by atoms with van der Waals surface area (Å²) in [4.78, 5) is 10.9. The van der Waals surface area contributed by atoms with Gasteiger partial charge in [-0.2, -0.15) is 0 Å². The van der Waals surface area contributed by atoms with Crippen molar-refractivity contribution in [2.24, 2.45) is 0 Å². The summed E-state index contributed by atoms with van der Waals surface area (Å²) >= 11 is 0. The summed E-state index contributed by atoms with van der Waals surface area (Å²) in [5.41, 5.74) is 1.02. The minimum Gasteiger partial charge on any atom is -0.478 e. The van der Waals surface area contributed by atoms with Crippen LogP contribution >= 0.6 is 0 Å². The van der Waals surface area contributed by atoms with Crippen molar-refractivity contribution in [3.8, 4) is 5.75 Å². The molecule has 1 rings (SSSR count). The first-order valence-electron chi connectivity index (χ1n) is 5.31. The third-order valence-electron chi connectivity index (χ3n) is 2.29. The van der Waals surface area contributed by atoms with E-state index in [9.17, 15) is 4.79 Å². The van der Waals surface area contributed by atoms with Gasteiger partial charge >= 0.3 is 5.97 Å². The van der Waals surface area contributed by atoms with Gasteiger partial charge in [0.25, 0.3) is 0 Å². The standard InChI is InChI=1S/C12H17NO3/c1-3-9-6-4-5-7-10(9)16-11(8-13-2)12(14)15/h4-7,11,13H,3,8H2,1-2H3,(H,14,15). The molecule has 0 fully saturated rings. The maximum absolute atomic E-state index is 10.9. The average Bonchev–Trinajstić information content (AvgIpc) is 2.29. The molecule has 0 saturated heterocycles. The highest BCUT2D eigenvalue weighted by Crippen LogP contribution is 2.19. The molecule has 1 aromatic carbocycles. The fourth-order valence-corrected chi connectivity index (χ4v) is 1.43. The van der Waals surface area contributed by atoms with Crippen molar-refractivity contribution >= 4 is 5.97 Å². The lowest BCUT2D eigenvalue weighted by molar-refractivity contribution is -0.144. The van der Waals surface area contributed by atoms with E-state index in [2.05, 4.69) is 5.32 Å². The number of nitrogens with one attached hydrogen (secondary N) is 1. The lowest BCUT2D eigenvalue weighted by Crippen LogP contribution is -2.36. The maximum Gasteiger partial charge on any atom is 0.346 e. The van der Waals surface area contributed by atoms with Crippen molar-refractivity contribution in [3.05, 3.63) is 29.8 Å². The Labute approximate surface area is 95.2 Å². The van der Waals surface area contributed by atoms with Crippen molar-refractivity contribution in [2.45, 2.75) is 19.4 Å². The van der Waals surface area contributed by atoms with Crippen molar-refractivity contribution in [1.29, 1.82) is 0 Å². The molecule has 2 N–H and O–H groups in total. The third-order valence-corrected chi connectivity index (χ3v) is 2.29. The highest BCUT2D eigenvalue weighted by molar-refractivity contribution is 5.73. The fraction of sp³-hybridized carbons (Fsp3) is 0.417. The van der Waals surface area contributed by atoms with Gasteiger partial charge < -0.3 is 15.2 Å². The fourth-order valence-electron chi connectivity index (χ4n) is 1.43. The number of para-hydroxylation sites is 1. The van der Waals surface area contributed by atoms with Crippen molar-refractivity contribution in [2.75, 3.05) is 13.6 Å². The van der Waals surface area contributed by atoms with E-state index in [1.165, 1.54) is 0 Å². The maximum atomic E-state index is 10.9. The second-order valence-corrected chi connectivity index (χ2v) is 3.46. The number of ether oxygens (including phenoxy) is 1. The summed E-state index contributed by atoms with van der Waals surface area (Å²) in [7, 11) is 1.70. The summed E-state index contributed by atoms with van der Waals surface area (Å²) in [5, 5.41) is 11.8. The Hall–Kier alpha value is -1.55. The van der Waals surface area contributed by atoms with Crippen LogP contribution in [0.3, 0.4) is 0 Å². The molecule has 0 aromatic heterocycles. The number of aliphatic carboxylic acids is 1. The Morgan fingerprint density at radius 1 is 1.50 bits per heavy atom. The third kappa shape index (κ3) is 3.24. The van der Waals surface area contributed by atoms with Gasteiger partial charge in [-0.15, -0.1) is 0 Å². The molecule has 4 nitrogen and oxygen atoms in total. The van der Waals surface area contributed by atoms with E-state index in [4.69, 9.17) is 9.84 Å². The van der Waals surface area contributed by atoms with Gasteiger partial charge in [-0.25, -0.2) is 4.79 Å². The number of likely N-dealkylation sites (N-methyl/N-ethyl adjacent to an activating group) is 1. The quantitative estimate of drug-likeness (QED) is 0.763. The van der Waals surface area contributed by atoms with E-state index in [1.54, 1.807) is 13.1 Å². The van der Waals surface area contributed by atoms with E-state index in [-0.39, 0.29) is 6.54 Å². The van der Waals surface area contributed by atoms with Crippen molar-refractivity contribution < 1.29 is 14.6 Å².